The number of benzene rings is 4. The molecule has 0 saturated heterocycles. The Morgan fingerprint density at radius 1 is 0.415 bits per heavy atom. The van der Waals surface area contributed by atoms with Gasteiger partial charge in [0, 0.05) is 46.4 Å². The van der Waals surface area contributed by atoms with Crippen molar-refractivity contribution in [3.63, 3.8) is 0 Å². The van der Waals surface area contributed by atoms with Gasteiger partial charge in [-0.05, 0) is 185 Å². The van der Waals surface area contributed by atoms with Crippen LogP contribution in [0.3, 0.4) is 0 Å². The smallest absolute Gasteiger partial charge is 0.212 e. The molecule has 6 N–H and O–H groups in total. The molecule has 4 aromatic rings. The van der Waals surface area contributed by atoms with Crippen LogP contribution in [0.15, 0.2) is 60.7 Å². The predicted octanol–water partition coefficient (Wildman–Crippen LogP) is 11.7. The third kappa shape index (κ3) is 5.65. The summed E-state index contributed by atoms with van der Waals surface area (Å²) in [5, 5.41) is 0. The minimum Gasteiger partial charge on any atom is -0.453 e. The number of hydrogen-bond donors (Lipinski definition) is 3. The molecule has 4 aromatic carbocycles. The average molecular weight is 710 g/mol. The Kier molecular flexibility index (Phi) is 7.59. The molecule has 8 fully saturated rings. The molecule has 0 amide bonds. The lowest BCUT2D eigenvalue weighted by Crippen LogP contribution is -2.50. The van der Waals surface area contributed by atoms with Gasteiger partial charge in [-0.2, -0.15) is 0 Å². The van der Waals surface area contributed by atoms with Gasteiger partial charge >= 0.3 is 0 Å². The molecule has 276 valence electrons. The molecule has 0 heterocycles. The van der Waals surface area contributed by atoms with Crippen LogP contribution in [0.1, 0.15) is 105 Å². The van der Waals surface area contributed by atoms with Gasteiger partial charge in [-0.25, -0.2) is 0 Å². The van der Waals surface area contributed by atoms with Crippen molar-refractivity contribution in [3.05, 3.63) is 88.5 Å². The lowest BCUT2D eigenvalue weighted by molar-refractivity contribution is -0.00959. The van der Waals surface area contributed by atoms with E-state index in [1.54, 1.807) is 0 Å². The highest BCUT2D eigenvalue weighted by Gasteiger charge is 2.56. The lowest BCUT2D eigenvalue weighted by Gasteiger charge is -2.59. The molecular formula is C47H55N3O3. The molecule has 8 saturated carbocycles. The zero-order chi connectivity index (χ0) is 36.2. The van der Waals surface area contributed by atoms with E-state index in [4.69, 9.17) is 31.4 Å². The number of rotatable bonds is 8. The lowest BCUT2D eigenvalue weighted by atomic mass is 9.46. The highest BCUT2D eigenvalue weighted by molar-refractivity contribution is 5.68. The molecule has 0 aromatic heterocycles. The number of anilines is 3. The molecule has 0 atom stereocenters. The van der Waals surface area contributed by atoms with Crippen molar-refractivity contribution >= 4 is 17.1 Å². The summed E-state index contributed by atoms with van der Waals surface area (Å²) in [6.45, 7) is 6.11. The fourth-order valence-electron chi connectivity index (χ4n) is 13.0. The summed E-state index contributed by atoms with van der Waals surface area (Å²) in [6.07, 6.45) is 15.4. The summed E-state index contributed by atoms with van der Waals surface area (Å²) >= 11 is 0. The molecule has 0 aliphatic heterocycles. The van der Waals surface area contributed by atoms with E-state index in [2.05, 4.69) is 6.07 Å². The second kappa shape index (κ2) is 12.1. The quantitative estimate of drug-likeness (QED) is 0.157. The van der Waals surface area contributed by atoms with Crippen molar-refractivity contribution in [1.82, 2.24) is 0 Å². The Morgan fingerprint density at radius 3 is 0.981 bits per heavy atom. The Bertz CT molecular complexity index is 1930. The van der Waals surface area contributed by atoms with Gasteiger partial charge in [0.2, 0.25) is 5.75 Å². The largest absolute Gasteiger partial charge is 0.453 e. The van der Waals surface area contributed by atoms with Gasteiger partial charge in [0.05, 0.1) is 0 Å². The van der Waals surface area contributed by atoms with E-state index in [9.17, 15) is 0 Å². The van der Waals surface area contributed by atoms with Crippen molar-refractivity contribution in [2.24, 2.45) is 35.5 Å². The average Bonchev–Trinajstić information content (AvgIpc) is 3.09. The molecule has 8 aliphatic carbocycles. The molecule has 0 unspecified atom stereocenters. The number of nitrogen functional groups attached to an aromatic ring is 3. The van der Waals surface area contributed by atoms with Crippen LogP contribution >= 0.6 is 0 Å². The van der Waals surface area contributed by atoms with Crippen LogP contribution in [-0.4, -0.2) is 0 Å². The minimum absolute atomic E-state index is 0.0224. The first-order chi connectivity index (χ1) is 25.5. The molecule has 12 rings (SSSR count). The van der Waals surface area contributed by atoms with E-state index < -0.39 is 0 Å². The van der Waals surface area contributed by atoms with Gasteiger partial charge in [-0.15, -0.1) is 0 Å². The van der Waals surface area contributed by atoms with Gasteiger partial charge in [0.15, 0.2) is 11.5 Å². The van der Waals surface area contributed by atoms with Crippen molar-refractivity contribution < 1.29 is 14.2 Å². The SMILES string of the molecule is Cc1ccc(Oc2c(C34CC5CC(CC(C5)C3)C4)cc(C34CC5CC(CC(C5)C3)C4)c(Oc3ccc(C)c(N)c3)c2Oc2ccc(C)c(N)c2)cc1N. The number of ether oxygens (including phenoxy) is 3. The monoisotopic (exact) mass is 709 g/mol. The molecular weight excluding hydrogens is 655 g/mol. The number of nitrogens with two attached hydrogens (primary N) is 3. The zero-order valence-electron chi connectivity index (χ0n) is 31.7. The predicted molar refractivity (Wildman–Crippen MR) is 213 cm³/mol. The summed E-state index contributed by atoms with van der Waals surface area (Å²) in [4.78, 5) is 0. The second-order valence-electron chi connectivity index (χ2n) is 18.7. The van der Waals surface area contributed by atoms with E-state index in [0.717, 1.165) is 63.7 Å². The third-order valence-corrected chi connectivity index (χ3v) is 14.8. The minimum atomic E-state index is 0.0224. The normalized spacial score (nSPS) is 31.9. The summed E-state index contributed by atoms with van der Waals surface area (Å²) in [5.41, 5.74) is 27.5. The highest BCUT2D eigenvalue weighted by atomic mass is 16.5. The van der Waals surface area contributed by atoms with Crippen molar-refractivity contribution in [1.29, 1.82) is 0 Å². The first-order valence-corrected chi connectivity index (χ1v) is 20.4. The van der Waals surface area contributed by atoms with E-state index in [0.29, 0.717) is 40.1 Å². The van der Waals surface area contributed by atoms with Gasteiger partial charge in [-0.1, -0.05) is 18.2 Å². The summed E-state index contributed by atoms with van der Waals surface area (Å²) < 4.78 is 21.7. The molecule has 6 nitrogen and oxygen atoms in total. The molecule has 0 spiro atoms. The molecule has 6 heteroatoms. The molecule has 8 aliphatic rings. The topological polar surface area (TPSA) is 106 Å². The van der Waals surface area contributed by atoms with E-state index in [1.165, 1.54) is 88.2 Å². The zero-order valence-corrected chi connectivity index (χ0v) is 31.7. The Morgan fingerprint density at radius 2 is 0.698 bits per heavy atom. The maximum atomic E-state index is 7.25. The van der Waals surface area contributed by atoms with Gasteiger partial charge < -0.3 is 31.4 Å². The van der Waals surface area contributed by atoms with Gasteiger partial charge in [-0.3, -0.25) is 0 Å². The first kappa shape index (κ1) is 33.3. The standard InChI is InChI=1S/C47H55N3O3/c1-26-4-7-35(16-40(26)48)51-43-38(46-20-29-10-30(21-46)12-31(11-29)22-46)19-39(47-23-32-13-33(24-47)15-34(14-32)25-47)44(52-36-8-5-27(2)41(49)17-36)45(43)53-37-9-6-28(3)42(50)18-37/h4-9,16-19,29-34H,10-15,20-25,48-50H2,1-3H3. The summed E-state index contributed by atoms with van der Waals surface area (Å²) in [6, 6.07) is 20.7. The summed E-state index contributed by atoms with van der Waals surface area (Å²) in [5.74, 6) is 8.84. The van der Waals surface area contributed by atoms with Crippen LogP contribution in [0.25, 0.3) is 0 Å². The second-order valence-corrected chi connectivity index (χ2v) is 18.7. The maximum Gasteiger partial charge on any atom is 0.212 e. The third-order valence-electron chi connectivity index (χ3n) is 14.8. The van der Waals surface area contributed by atoms with E-state index >= 15 is 0 Å². The van der Waals surface area contributed by atoms with E-state index in [1.807, 2.05) is 75.4 Å². The maximum absolute atomic E-state index is 7.25. The van der Waals surface area contributed by atoms with Crippen LogP contribution in [0, 0.1) is 56.3 Å². The van der Waals surface area contributed by atoms with Crippen LogP contribution in [0.5, 0.6) is 34.5 Å². The molecule has 53 heavy (non-hydrogen) atoms. The van der Waals surface area contributed by atoms with Crippen molar-refractivity contribution in [2.45, 2.75) is 109 Å². The molecule has 8 bridgehead atoms. The van der Waals surface area contributed by atoms with Crippen LogP contribution < -0.4 is 31.4 Å². The highest BCUT2D eigenvalue weighted by Crippen LogP contribution is 2.68. The van der Waals surface area contributed by atoms with Crippen LogP contribution in [0.4, 0.5) is 17.1 Å². The Balaban J connectivity index is 1.26. The van der Waals surface area contributed by atoms with Crippen LogP contribution in [0.2, 0.25) is 0 Å². The Labute approximate surface area is 314 Å². The Hall–Kier alpha value is -4.32. The fraction of sp³-hybridized carbons (Fsp3) is 0.489. The van der Waals surface area contributed by atoms with Gasteiger partial charge in [0.1, 0.15) is 17.2 Å². The fourth-order valence-corrected chi connectivity index (χ4v) is 13.0. The first-order valence-electron chi connectivity index (χ1n) is 20.4. The number of aryl methyl sites for hydroxylation is 3. The van der Waals surface area contributed by atoms with Crippen LogP contribution in [-0.2, 0) is 10.8 Å². The van der Waals surface area contributed by atoms with Crippen molar-refractivity contribution in [3.8, 4) is 34.5 Å². The van der Waals surface area contributed by atoms with E-state index in [-0.39, 0.29) is 10.8 Å². The number of hydrogen-bond acceptors (Lipinski definition) is 6. The van der Waals surface area contributed by atoms with Crippen molar-refractivity contribution in [2.75, 3.05) is 17.2 Å². The summed E-state index contributed by atoms with van der Waals surface area (Å²) in [7, 11) is 0. The van der Waals surface area contributed by atoms with Gasteiger partial charge in [0.25, 0.3) is 0 Å². The molecule has 0 radical (unpaired) electrons.